The lowest BCUT2D eigenvalue weighted by atomic mass is 10.1. The van der Waals surface area contributed by atoms with Gasteiger partial charge in [-0.15, -0.1) is 0 Å². The Hall–Kier alpha value is -1.55. The van der Waals surface area contributed by atoms with Gasteiger partial charge < -0.3 is 15.5 Å². The van der Waals surface area contributed by atoms with Gasteiger partial charge in [0.05, 0.1) is 0 Å². The Morgan fingerprint density at radius 2 is 2.15 bits per heavy atom. The van der Waals surface area contributed by atoms with Crippen LogP contribution in [0.2, 0.25) is 0 Å². The molecular formula is C16H25N3O. The maximum absolute atomic E-state index is 11.4. The number of nitrogens with zero attached hydrogens (tertiary/aromatic N) is 1. The summed E-state index contributed by atoms with van der Waals surface area (Å²) in [6.07, 6.45) is 1.14. The molecule has 1 aromatic carbocycles. The maximum atomic E-state index is 11.4. The van der Waals surface area contributed by atoms with Crippen molar-refractivity contribution in [2.45, 2.75) is 26.8 Å². The zero-order valence-electron chi connectivity index (χ0n) is 12.7. The van der Waals surface area contributed by atoms with Crippen molar-refractivity contribution in [2.24, 2.45) is 5.92 Å². The molecule has 0 radical (unpaired) electrons. The summed E-state index contributed by atoms with van der Waals surface area (Å²) < 4.78 is 0. The third-order valence-electron chi connectivity index (χ3n) is 3.73. The highest BCUT2D eigenvalue weighted by atomic mass is 16.1. The lowest BCUT2D eigenvalue weighted by Gasteiger charge is -2.12. The second kappa shape index (κ2) is 6.75. The van der Waals surface area contributed by atoms with Crippen LogP contribution < -0.4 is 15.5 Å². The number of hydrogen-bond acceptors (Lipinski definition) is 3. The molecule has 0 atom stereocenters. The van der Waals surface area contributed by atoms with E-state index in [4.69, 9.17) is 0 Å². The molecule has 110 valence electrons. The number of benzene rings is 1. The standard InChI is InChI=1S/C16H25N3O/c1-12(2)16(20)18-8-7-17-11-13-4-5-15-14(10-13)6-9-19(15)3/h4-5,10,12,17H,6-9,11H2,1-3H3,(H,18,20). The van der Waals surface area contributed by atoms with Crippen LogP contribution in [-0.4, -0.2) is 32.6 Å². The van der Waals surface area contributed by atoms with E-state index in [0.29, 0.717) is 6.54 Å². The summed E-state index contributed by atoms with van der Waals surface area (Å²) >= 11 is 0. The Bertz CT molecular complexity index is 471. The molecule has 0 spiro atoms. The van der Waals surface area contributed by atoms with Crippen LogP contribution in [0.15, 0.2) is 18.2 Å². The fourth-order valence-corrected chi connectivity index (χ4v) is 2.44. The van der Waals surface area contributed by atoms with Crippen molar-refractivity contribution in [3.63, 3.8) is 0 Å². The van der Waals surface area contributed by atoms with Crippen molar-refractivity contribution >= 4 is 11.6 Å². The van der Waals surface area contributed by atoms with E-state index in [1.54, 1.807) is 0 Å². The van der Waals surface area contributed by atoms with E-state index in [2.05, 4.69) is 40.8 Å². The number of amides is 1. The van der Waals surface area contributed by atoms with Gasteiger partial charge >= 0.3 is 0 Å². The molecule has 2 N–H and O–H groups in total. The smallest absolute Gasteiger partial charge is 0.222 e. The number of carbonyl (C=O) groups excluding carboxylic acids is 1. The van der Waals surface area contributed by atoms with E-state index >= 15 is 0 Å². The normalized spacial score (nSPS) is 13.7. The van der Waals surface area contributed by atoms with Gasteiger partial charge in [0.1, 0.15) is 0 Å². The van der Waals surface area contributed by atoms with Crippen LogP contribution in [0.1, 0.15) is 25.0 Å². The Morgan fingerprint density at radius 3 is 2.90 bits per heavy atom. The van der Waals surface area contributed by atoms with Crippen LogP contribution in [-0.2, 0) is 17.8 Å². The molecule has 0 bridgehead atoms. The largest absolute Gasteiger partial charge is 0.374 e. The molecule has 4 nitrogen and oxygen atoms in total. The predicted octanol–water partition coefficient (Wildman–Crippen LogP) is 1.54. The molecule has 20 heavy (non-hydrogen) atoms. The van der Waals surface area contributed by atoms with Gasteiger partial charge in [-0.2, -0.15) is 0 Å². The van der Waals surface area contributed by atoms with E-state index in [-0.39, 0.29) is 11.8 Å². The number of rotatable bonds is 6. The predicted molar refractivity (Wildman–Crippen MR) is 83.0 cm³/mol. The maximum Gasteiger partial charge on any atom is 0.222 e. The molecule has 2 rings (SSSR count). The molecular weight excluding hydrogens is 250 g/mol. The minimum Gasteiger partial charge on any atom is -0.374 e. The van der Waals surface area contributed by atoms with Gasteiger partial charge in [-0.05, 0) is 23.6 Å². The summed E-state index contributed by atoms with van der Waals surface area (Å²) in [4.78, 5) is 13.7. The highest BCUT2D eigenvalue weighted by Gasteiger charge is 2.15. The van der Waals surface area contributed by atoms with Crippen LogP contribution in [0.25, 0.3) is 0 Å². The van der Waals surface area contributed by atoms with Crippen molar-refractivity contribution in [1.29, 1.82) is 0 Å². The van der Waals surface area contributed by atoms with Crippen molar-refractivity contribution in [3.8, 4) is 0 Å². The first-order chi connectivity index (χ1) is 9.58. The summed E-state index contributed by atoms with van der Waals surface area (Å²) in [6.45, 7) is 7.27. The zero-order chi connectivity index (χ0) is 14.5. The van der Waals surface area contributed by atoms with E-state index in [9.17, 15) is 4.79 Å². The molecule has 0 aliphatic carbocycles. The molecule has 1 aromatic rings. The second-order valence-corrected chi connectivity index (χ2v) is 5.76. The van der Waals surface area contributed by atoms with Crippen LogP contribution >= 0.6 is 0 Å². The van der Waals surface area contributed by atoms with Gasteiger partial charge in [-0.3, -0.25) is 4.79 Å². The van der Waals surface area contributed by atoms with Gasteiger partial charge in [0.2, 0.25) is 5.91 Å². The fraction of sp³-hybridized carbons (Fsp3) is 0.562. The SMILES string of the molecule is CC(C)C(=O)NCCNCc1ccc2c(c1)CCN2C. The van der Waals surface area contributed by atoms with Crippen LogP contribution in [0.5, 0.6) is 0 Å². The number of nitrogens with one attached hydrogen (secondary N) is 2. The Morgan fingerprint density at radius 1 is 1.35 bits per heavy atom. The summed E-state index contributed by atoms with van der Waals surface area (Å²) in [6, 6.07) is 6.68. The van der Waals surface area contributed by atoms with Crippen LogP contribution in [0.4, 0.5) is 5.69 Å². The van der Waals surface area contributed by atoms with Gasteiger partial charge in [0.25, 0.3) is 0 Å². The van der Waals surface area contributed by atoms with E-state index in [1.807, 2.05) is 13.8 Å². The fourth-order valence-electron chi connectivity index (χ4n) is 2.44. The average molecular weight is 275 g/mol. The van der Waals surface area contributed by atoms with E-state index in [1.165, 1.54) is 16.8 Å². The van der Waals surface area contributed by atoms with Crippen molar-refractivity contribution in [3.05, 3.63) is 29.3 Å². The lowest BCUT2D eigenvalue weighted by Crippen LogP contribution is -2.34. The molecule has 0 aromatic heterocycles. The first kappa shape index (κ1) is 14.9. The quantitative estimate of drug-likeness (QED) is 0.774. The Balaban J connectivity index is 1.71. The topological polar surface area (TPSA) is 44.4 Å². The number of likely N-dealkylation sites (N-methyl/N-ethyl adjacent to an activating group) is 1. The summed E-state index contributed by atoms with van der Waals surface area (Å²) in [7, 11) is 2.14. The third kappa shape index (κ3) is 3.73. The number of hydrogen-bond donors (Lipinski definition) is 2. The van der Waals surface area contributed by atoms with E-state index < -0.39 is 0 Å². The zero-order valence-corrected chi connectivity index (χ0v) is 12.7. The minimum absolute atomic E-state index is 0.0590. The van der Waals surface area contributed by atoms with Crippen LogP contribution in [0.3, 0.4) is 0 Å². The third-order valence-corrected chi connectivity index (χ3v) is 3.73. The molecule has 1 amide bonds. The number of anilines is 1. The molecule has 0 saturated carbocycles. The average Bonchev–Trinajstić information content (AvgIpc) is 2.79. The van der Waals surface area contributed by atoms with Crippen molar-refractivity contribution < 1.29 is 4.79 Å². The summed E-state index contributed by atoms with van der Waals surface area (Å²) in [5.41, 5.74) is 4.12. The van der Waals surface area contributed by atoms with Gasteiger partial charge in [0.15, 0.2) is 0 Å². The highest BCUT2D eigenvalue weighted by molar-refractivity contribution is 5.77. The molecule has 4 heteroatoms. The molecule has 0 fully saturated rings. The van der Waals surface area contributed by atoms with Crippen LogP contribution in [0, 0.1) is 5.92 Å². The summed E-state index contributed by atoms with van der Waals surface area (Å²) in [5, 5.41) is 6.28. The number of carbonyl (C=O) groups is 1. The molecule has 1 heterocycles. The molecule has 0 saturated heterocycles. The molecule has 1 aliphatic rings. The molecule has 0 unspecified atom stereocenters. The number of fused-ring (bicyclic) bond motifs is 1. The first-order valence-electron chi connectivity index (χ1n) is 7.39. The highest BCUT2D eigenvalue weighted by Crippen LogP contribution is 2.27. The van der Waals surface area contributed by atoms with Crippen molar-refractivity contribution in [2.75, 3.05) is 31.6 Å². The van der Waals surface area contributed by atoms with Crippen molar-refractivity contribution in [1.82, 2.24) is 10.6 Å². The van der Waals surface area contributed by atoms with Gasteiger partial charge in [-0.25, -0.2) is 0 Å². The Labute approximate surface area is 121 Å². The molecule has 1 aliphatic heterocycles. The van der Waals surface area contributed by atoms with Gasteiger partial charge in [-0.1, -0.05) is 26.0 Å². The van der Waals surface area contributed by atoms with E-state index in [0.717, 1.165) is 26.1 Å². The van der Waals surface area contributed by atoms with Gasteiger partial charge in [0, 0.05) is 44.8 Å². The second-order valence-electron chi connectivity index (χ2n) is 5.76. The lowest BCUT2D eigenvalue weighted by molar-refractivity contribution is -0.123. The monoisotopic (exact) mass is 275 g/mol. The first-order valence-corrected chi connectivity index (χ1v) is 7.39. The minimum atomic E-state index is 0.0590. The summed E-state index contributed by atoms with van der Waals surface area (Å²) in [5.74, 6) is 0.177. The Kier molecular flexibility index (Phi) is 5.01.